The molecule has 1 fully saturated rings. The van der Waals surface area contributed by atoms with Crippen LogP contribution in [-0.2, 0) is 30.2 Å². The van der Waals surface area contributed by atoms with Gasteiger partial charge in [-0.1, -0.05) is 96.8 Å². The lowest BCUT2D eigenvalue weighted by Crippen LogP contribution is -2.33. The van der Waals surface area contributed by atoms with Crippen molar-refractivity contribution in [2.45, 2.75) is 113 Å². The molecule has 0 spiro atoms. The van der Waals surface area contributed by atoms with Gasteiger partial charge in [0.15, 0.2) is 0 Å². The van der Waals surface area contributed by atoms with Crippen LogP contribution in [0.15, 0.2) is 48.5 Å². The zero-order chi connectivity index (χ0) is 31.1. The van der Waals surface area contributed by atoms with Gasteiger partial charge in [0, 0.05) is 49.1 Å². The number of benzene rings is 2. The van der Waals surface area contributed by atoms with Crippen LogP contribution in [0.2, 0.25) is 0 Å². The molecular weight excluding hydrogens is 622 g/mol. The molecule has 2 aromatic carbocycles. The van der Waals surface area contributed by atoms with E-state index in [1.165, 1.54) is 0 Å². The fraction of sp³-hybridized carbons (Fsp3) is 0.556. The summed E-state index contributed by atoms with van der Waals surface area (Å²) in [7, 11) is 0. The van der Waals surface area contributed by atoms with E-state index in [2.05, 4.69) is 33.1 Å². The van der Waals surface area contributed by atoms with Crippen molar-refractivity contribution in [3.63, 3.8) is 0 Å². The topological polar surface area (TPSA) is 94.1 Å². The average molecular weight is 669 g/mol. The van der Waals surface area contributed by atoms with Gasteiger partial charge in [0.2, 0.25) is 5.91 Å². The molecule has 1 aliphatic heterocycles. The second kappa shape index (κ2) is 18.3. The van der Waals surface area contributed by atoms with Crippen LogP contribution in [0.3, 0.4) is 0 Å². The minimum absolute atomic E-state index is 0.0862. The van der Waals surface area contributed by atoms with Crippen LogP contribution in [0.1, 0.15) is 106 Å². The Hall–Kier alpha value is -2.70. The van der Waals surface area contributed by atoms with Gasteiger partial charge in [0.25, 0.3) is 0 Å². The fourth-order valence-corrected chi connectivity index (χ4v) is 6.45. The number of carbonyl (C=O) groups excluding carboxylic acids is 2. The normalized spacial score (nSPS) is 22.1. The van der Waals surface area contributed by atoms with Gasteiger partial charge in [-0.15, -0.1) is 0 Å². The molecule has 5 atom stereocenters. The van der Waals surface area contributed by atoms with E-state index in [0.29, 0.717) is 32.4 Å². The molecule has 0 bridgehead atoms. The molecule has 238 valence electrons. The van der Waals surface area contributed by atoms with Crippen molar-refractivity contribution >= 4 is 27.8 Å². The summed E-state index contributed by atoms with van der Waals surface area (Å²) in [6.07, 6.45) is 8.04. The summed E-state index contributed by atoms with van der Waals surface area (Å²) in [5.74, 6) is 6.40. The van der Waals surface area contributed by atoms with Crippen LogP contribution >= 0.6 is 15.9 Å². The Bertz CT molecular complexity index is 1270. The predicted molar refractivity (Wildman–Crippen MR) is 174 cm³/mol. The highest BCUT2D eigenvalue weighted by atomic mass is 79.9. The Kier molecular flexibility index (Phi) is 14.2. The minimum atomic E-state index is -0.592. The lowest BCUT2D eigenvalue weighted by molar-refractivity contribution is -0.149. The van der Waals surface area contributed by atoms with Crippen LogP contribution in [0, 0.1) is 11.8 Å². The number of carbonyl (C=O) groups is 2. The maximum absolute atomic E-state index is 12.8. The maximum atomic E-state index is 12.8. The second-order valence-corrected chi connectivity index (χ2v) is 12.5. The van der Waals surface area contributed by atoms with Gasteiger partial charge in [0.1, 0.15) is 23.3 Å². The van der Waals surface area contributed by atoms with Gasteiger partial charge in [0.05, 0.1) is 6.10 Å². The summed E-state index contributed by atoms with van der Waals surface area (Å²) in [6, 6.07) is 15.9. The Labute approximate surface area is 270 Å². The summed E-state index contributed by atoms with van der Waals surface area (Å²) in [6.45, 7) is 3.26. The van der Waals surface area contributed by atoms with E-state index in [0.717, 1.165) is 80.0 Å². The van der Waals surface area contributed by atoms with Crippen LogP contribution in [0.4, 0.5) is 0 Å². The molecule has 2 N–H and O–H groups in total. The quantitative estimate of drug-likeness (QED) is 0.0864. The zero-order valence-corrected chi connectivity index (χ0v) is 27.4. The summed E-state index contributed by atoms with van der Waals surface area (Å²) in [5, 5.41) is 13.0. The third kappa shape index (κ3) is 10.4. The van der Waals surface area contributed by atoms with Crippen LogP contribution in [0.5, 0.6) is 0 Å². The first kappa shape index (κ1) is 34.2. The predicted octanol–water partition coefficient (Wildman–Crippen LogP) is 6.52. The minimum Gasteiger partial charge on any atom is -0.457 e. The molecule has 1 amide bonds. The van der Waals surface area contributed by atoms with Crippen molar-refractivity contribution in [1.82, 2.24) is 5.32 Å². The number of ether oxygens (including phenoxy) is 3. The van der Waals surface area contributed by atoms with E-state index in [1.807, 2.05) is 55.5 Å². The number of unbranched alkanes of at least 4 members (excludes halogenated alkanes) is 6. The standard InChI is InChI=1S/C36H46BrNO6/c1-2-30-34(41)35(36(37)44-30)42-24-14-6-5-13-23-38-32(39)19-7-3-4-8-20-33(40)43-31-25-28-17-10-9-15-26(28)21-22-27-16-11-12-18-29(27)31/h9-12,15-18,30-31,34-36,41H,2-8,13-14,19-20,23-25H2,1H3,(H,38,39)/t30-,31?,34?,35+,36-/m1/s1. The van der Waals surface area contributed by atoms with E-state index in [-0.39, 0.29) is 35.2 Å². The number of amides is 1. The Morgan fingerprint density at radius 3 is 2.41 bits per heavy atom. The molecule has 4 rings (SSSR count). The van der Waals surface area contributed by atoms with E-state index in [1.54, 1.807) is 0 Å². The van der Waals surface area contributed by atoms with Crippen molar-refractivity contribution < 1.29 is 28.9 Å². The Morgan fingerprint density at radius 1 is 0.932 bits per heavy atom. The monoisotopic (exact) mass is 667 g/mol. The molecule has 2 unspecified atom stereocenters. The number of fused-ring (bicyclic) bond motifs is 2. The first-order chi connectivity index (χ1) is 21.5. The molecule has 1 aliphatic carbocycles. The Balaban J connectivity index is 1.02. The third-order valence-corrected chi connectivity index (χ3v) is 8.99. The lowest BCUT2D eigenvalue weighted by atomic mass is 9.92. The number of hydrogen-bond acceptors (Lipinski definition) is 6. The number of esters is 1. The molecule has 2 aliphatic rings. The van der Waals surface area contributed by atoms with Gasteiger partial charge >= 0.3 is 5.97 Å². The van der Waals surface area contributed by atoms with Gasteiger partial charge < -0.3 is 24.6 Å². The SMILES string of the molecule is CC[C@H]1O[C@@H](Br)[C@@H](OCCCCCCNC(=O)CCCCCCC(=O)OC2Cc3ccccc3C#Cc3ccccc32)C1O. The van der Waals surface area contributed by atoms with Gasteiger partial charge in [-0.2, -0.15) is 0 Å². The van der Waals surface area contributed by atoms with Crippen molar-refractivity contribution in [2.24, 2.45) is 0 Å². The highest BCUT2D eigenvalue weighted by molar-refractivity contribution is 9.09. The van der Waals surface area contributed by atoms with E-state index in [4.69, 9.17) is 14.2 Å². The molecule has 0 radical (unpaired) electrons. The van der Waals surface area contributed by atoms with Gasteiger partial charge in [-0.05, 0) is 49.8 Å². The summed E-state index contributed by atoms with van der Waals surface area (Å²) in [5.41, 5.74) is 3.92. The van der Waals surface area contributed by atoms with Crippen LogP contribution in [0.25, 0.3) is 0 Å². The smallest absolute Gasteiger partial charge is 0.306 e. The Morgan fingerprint density at radius 2 is 1.61 bits per heavy atom. The summed E-state index contributed by atoms with van der Waals surface area (Å²) >= 11 is 3.44. The molecule has 7 nitrogen and oxygen atoms in total. The molecule has 2 aromatic rings. The summed E-state index contributed by atoms with van der Waals surface area (Å²) in [4.78, 5) is 25.0. The van der Waals surface area contributed by atoms with E-state index >= 15 is 0 Å². The van der Waals surface area contributed by atoms with Crippen LogP contribution < -0.4 is 5.32 Å². The fourth-order valence-electron chi connectivity index (χ4n) is 5.71. The number of hydrogen-bond donors (Lipinski definition) is 2. The van der Waals surface area contributed by atoms with E-state index in [9.17, 15) is 14.7 Å². The molecule has 44 heavy (non-hydrogen) atoms. The molecule has 0 aromatic heterocycles. The van der Waals surface area contributed by atoms with Crippen molar-refractivity contribution in [3.8, 4) is 11.8 Å². The second-order valence-electron chi connectivity index (χ2n) is 11.6. The number of rotatable bonds is 17. The first-order valence-corrected chi connectivity index (χ1v) is 17.1. The molecule has 8 heteroatoms. The molecule has 1 heterocycles. The van der Waals surface area contributed by atoms with Crippen molar-refractivity contribution in [3.05, 3.63) is 70.8 Å². The lowest BCUT2D eigenvalue weighted by Gasteiger charge is -2.22. The largest absolute Gasteiger partial charge is 0.457 e. The van der Waals surface area contributed by atoms with Crippen molar-refractivity contribution in [1.29, 1.82) is 0 Å². The molecule has 1 saturated heterocycles. The molecule has 0 saturated carbocycles. The summed E-state index contributed by atoms with van der Waals surface area (Å²) < 4.78 is 17.5. The maximum Gasteiger partial charge on any atom is 0.306 e. The number of nitrogens with one attached hydrogen (secondary N) is 1. The zero-order valence-electron chi connectivity index (χ0n) is 25.8. The number of aliphatic hydroxyl groups is 1. The van der Waals surface area contributed by atoms with Crippen LogP contribution in [-0.4, -0.2) is 53.5 Å². The first-order valence-electron chi connectivity index (χ1n) is 16.2. The third-order valence-electron chi connectivity index (χ3n) is 8.26. The number of aliphatic hydroxyl groups excluding tert-OH is 1. The number of halogens is 1. The van der Waals surface area contributed by atoms with Gasteiger partial charge in [-0.25, -0.2) is 0 Å². The highest BCUT2D eigenvalue weighted by Gasteiger charge is 2.42. The van der Waals surface area contributed by atoms with E-state index < -0.39 is 6.10 Å². The van der Waals surface area contributed by atoms with Crippen molar-refractivity contribution in [2.75, 3.05) is 13.2 Å². The average Bonchev–Trinajstić information content (AvgIpc) is 3.30. The van der Waals surface area contributed by atoms with Gasteiger partial charge in [-0.3, -0.25) is 9.59 Å². The molecular formula is C36H46BrNO6. The highest BCUT2D eigenvalue weighted by Crippen LogP contribution is 2.30. The number of alkyl halides is 1.